The molecule has 1 aliphatic carbocycles. The number of sulfonamides is 1. The number of allylic oxidation sites excluding steroid dienone is 1. The molecule has 0 aromatic heterocycles. The fourth-order valence-corrected chi connectivity index (χ4v) is 9.05. The third-order valence-corrected chi connectivity index (χ3v) is 10.2. The first-order valence-corrected chi connectivity index (χ1v) is 15.9. The standard InChI is InChI=1S/C23H28NO8PS2/c1-4-15-31-33(26,32-16-5-2)23(24-34(3,27)28)17-21(22(25)19-13-9-10-14-20(19)23)35(29,30)18-11-7-6-8-12-18/h6-14,17,24H,4-5,15-16H2,1-3H3. The fraction of sp³-hybridized carbons (Fsp3) is 0.348. The third-order valence-electron chi connectivity index (χ3n) is 5.19. The van der Waals surface area contributed by atoms with Crippen molar-refractivity contribution in [2.24, 2.45) is 0 Å². The summed E-state index contributed by atoms with van der Waals surface area (Å²) in [5.74, 6) is -0.854. The Hall–Kier alpha value is -2.14. The minimum absolute atomic E-state index is 0.0158. The largest absolute Gasteiger partial charge is 0.360 e. The lowest BCUT2D eigenvalue weighted by atomic mass is 9.92. The second-order valence-corrected chi connectivity index (χ2v) is 13.9. The average Bonchev–Trinajstić information content (AvgIpc) is 2.83. The van der Waals surface area contributed by atoms with E-state index < -0.39 is 43.4 Å². The first-order chi connectivity index (χ1) is 16.4. The van der Waals surface area contributed by atoms with Crippen molar-refractivity contribution in [3.05, 3.63) is 76.7 Å². The molecule has 1 aliphatic rings. The molecule has 0 spiro atoms. The highest BCUT2D eigenvalue weighted by molar-refractivity contribution is 7.96. The molecule has 9 nitrogen and oxygen atoms in total. The third kappa shape index (κ3) is 5.35. The van der Waals surface area contributed by atoms with Crippen LogP contribution in [-0.4, -0.2) is 42.1 Å². The summed E-state index contributed by atoms with van der Waals surface area (Å²) in [5.41, 5.74) is -0.140. The molecule has 0 bridgehead atoms. The van der Waals surface area contributed by atoms with Crippen LogP contribution in [0.1, 0.15) is 42.6 Å². The zero-order chi connectivity index (χ0) is 25.9. The van der Waals surface area contributed by atoms with Crippen molar-refractivity contribution in [2.45, 2.75) is 36.9 Å². The zero-order valence-corrected chi connectivity index (χ0v) is 22.2. The highest BCUT2D eigenvalue weighted by Gasteiger charge is 2.58. The highest BCUT2D eigenvalue weighted by atomic mass is 32.2. The van der Waals surface area contributed by atoms with Crippen molar-refractivity contribution in [1.29, 1.82) is 0 Å². The molecule has 0 amide bonds. The number of carbonyl (C=O) groups is 1. The molecule has 3 rings (SSSR count). The van der Waals surface area contributed by atoms with Crippen LogP contribution in [0.15, 0.2) is 70.5 Å². The molecular weight excluding hydrogens is 513 g/mol. The van der Waals surface area contributed by atoms with E-state index in [0.29, 0.717) is 12.8 Å². The number of sulfone groups is 1. The number of rotatable bonds is 11. The van der Waals surface area contributed by atoms with Crippen LogP contribution in [0.4, 0.5) is 0 Å². The molecular formula is C23H28NO8PS2. The van der Waals surface area contributed by atoms with E-state index in [0.717, 1.165) is 12.3 Å². The first-order valence-electron chi connectivity index (χ1n) is 11.0. The Morgan fingerprint density at radius 1 is 0.886 bits per heavy atom. The van der Waals surface area contributed by atoms with Crippen LogP contribution in [0.5, 0.6) is 0 Å². The summed E-state index contributed by atoms with van der Waals surface area (Å²) in [4.78, 5) is 12.6. The van der Waals surface area contributed by atoms with E-state index in [-0.39, 0.29) is 29.2 Å². The van der Waals surface area contributed by atoms with E-state index in [1.807, 2.05) is 0 Å². The lowest BCUT2D eigenvalue weighted by Crippen LogP contribution is -2.48. The molecule has 0 saturated carbocycles. The van der Waals surface area contributed by atoms with Gasteiger partial charge in [0.1, 0.15) is 4.91 Å². The van der Waals surface area contributed by atoms with Gasteiger partial charge >= 0.3 is 7.60 Å². The number of ketones is 1. The van der Waals surface area contributed by atoms with Gasteiger partial charge in [0.2, 0.25) is 25.6 Å². The second-order valence-electron chi connectivity index (χ2n) is 8.00. The van der Waals surface area contributed by atoms with Gasteiger partial charge in [0.05, 0.1) is 24.4 Å². The maximum Gasteiger partial charge on any atom is 0.360 e. The molecule has 0 saturated heterocycles. The van der Waals surface area contributed by atoms with E-state index in [9.17, 15) is 26.2 Å². The van der Waals surface area contributed by atoms with Gasteiger partial charge in [-0.2, -0.15) is 4.72 Å². The van der Waals surface area contributed by atoms with Gasteiger partial charge in [0, 0.05) is 11.1 Å². The van der Waals surface area contributed by atoms with E-state index in [1.165, 1.54) is 48.5 Å². The Balaban J connectivity index is 2.45. The summed E-state index contributed by atoms with van der Waals surface area (Å²) in [5, 5.41) is -2.30. The molecule has 1 atom stereocenters. The quantitative estimate of drug-likeness (QED) is 0.422. The van der Waals surface area contributed by atoms with Crippen LogP contribution in [0.2, 0.25) is 0 Å². The minimum Gasteiger partial charge on any atom is -0.307 e. The predicted octanol–water partition coefficient (Wildman–Crippen LogP) is 3.99. The van der Waals surface area contributed by atoms with Gasteiger partial charge in [-0.15, -0.1) is 0 Å². The molecule has 190 valence electrons. The monoisotopic (exact) mass is 541 g/mol. The van der Waals surface area contributed by atoms with Crippen molar-refractivity contribution in [2.75, 3.05) is 19.5 Å². The van der Waals surface area contributed by atoms with Crippen molar-refractivity contribution in [3.63, 3.8) is 0 Å². The van der Waals surface area contributed by atoms with Gasteiger partial charge in [0.25, 0.3) is 0 Å². The van der Waals surface area contributed by atoms with Crippen molar-refractivity contribution in [1.82, 2.24) is 4.72 Å². The van der Waals surface area contributed by atoms with Crippen molar-refractivity contribution >= 4 is 33.2 Å². The minimum atomic E-state index is -4.50. The van der Waals surface area contributed by atoms with Crippen LogP contribution in [0, 0.1) is 0 Å². The maximum absolute atomic E-state index is 14.4. The van der Waals surface area contributed by atoms with Gasteiger partial charge < -0.3 is 9.05 Å². The molecule has 2 aromatic rings. The van der Waals surface area contributed by atoms with Crippen LogP contribution in [-0.2, 0) is 38.8 Å². The Kier molecular flexibility index (Phi) is 8.20. The lowest BCUT2D eigenvalue weighted by molar-refractivity contribution is 0.103. The fourth-order valence-electron chi connectivity index (χ4n) is 3.72. The maximum atomic E-state index is 14.4. The SMILES string of the molecule is CCCOP(=O)(OCCC)C1(NS(C)(=O)=O)C=C(S(=O)(=O)c2ccccc2)C(=O)c2ccccc21. The van der Waals surface area contributed by atoms with Crippen molar-refractivity contribution in [3.8, 4) is 0 Å². The molecule has 1 unspecified atom stereocenters. The molecule has 2 aromatic carbocycles. The number of hydrogen-bond acceptors (Lipinski definition) is 8. The molecule has 1 N–H and O–H groups in total. The molecule has 0 aliphatic heterocycles. The van der Waals surface area contributed by atoms with Gasteiger partial charge in [-0.05, 0) is 31.1 Å². The highest BCUT2D eigenvalue weighted by Crippen LogP contribution is 2.66. The van der Waals surface area contributed by atoms with Crippen LogP contribution >= 0.6 is 7.60 Å². The topological polar surface area (TPSA) is 133 Å². The van der Waals surface area contributed by atoms with Crippen molar-refractivity contribution < 1.29 is 35.2 Å². The molecule has 0 radical (unpaired) electrons. The van der Waals surface area contributed by atoms with Crippen LogP contribution in [0.3, 0.4) is 0 Å². The summed E-state index contributed by atoms with van der Waals surface area (Å²) in [6, 6.07) is 13.0. The van der Waals surface area contributed by atoms with Crippen LogP contribution in [0.25, 0.3) is 0 Å². The summed E-state index contributed by atoms with van der Waals surface area (Å²) in [7, 11) is -13.1. The lowest BCUT2D eigenvalue weighted by Gasteiger charge is -2.40. The average molecular weight is 542 g/mol. The van der Waals surface area contributed by atoms with Gasteiger partial charge in [-0.25, -0.2) is 16.8 Å². The van der Waals surface area contributed by atoms with Gasteiger partial charge in [-0.1, -0.05) is 56.3 Å². The Morgan fingerprint density at radius 2 is 1.43 bits per heavy atom. The number of nitrogens with one attached hydrogen (secondary N) is 1. The van der Waals surface area contributed by atoms with Gasteiger partial charge in [-0.3, -0.25) is 9.36 Å². The summed E-state index contributed by atoms with van der Waals surface area (Å²) < 4.78 is 80.5. The summed E-state index contributed by atoms with van der Waals surface area (Å²) in [6.45, 7) is 3.42. The molecule has 0 heterocycles. The number of carbonyl (C=O) groups excluding carboxylic acids is 1. The van der Waals surface area contributed by atoms with E-state index in [1.54, 1.807) is 19.9 Å². The van der Waals surface area contributed by atoms with E-state index >= 15 is 0 Å². The summed E-state index contributed by atoms with van der Waals surface area (Å²) >= 11 is 0. The first kappa shape index (κ1) is 27.4. The Bertz CT molecular complexity index is 1380. The normalized spacial score (nSPS) is 18.7. The Morgan fingerprint density at radius 3 is 1.97 bits per heavy atom. The van der Waals surface area contributed by atoms with E-state index in [4.69, 9.17) is 9.05 Å². The Labute approximate surface area is 206 Å². The molecule has 12 heteroatoms. The number of Topliss-reactive ketones (excluding diaryl/α,β-unsaturated/α-hetero) is 1. The zero-order valence-electron chi connectivity index (χ0n) is 19.6. The second kappa shape index (κ2) is 10.5. The number of fused-ring (bicyclic) bond motifs is 1. The van der Waals surface area contributed by atoms with Crippen LogP contribution < -0.4 is 4.72 Å². The van der Waals surface area contributed by atoms with Gasteiger partial charge in [0.15, 0.2) is 5.28 Å². The number of benzene rings is 2. The predicted molar refractivity (Wildman–Crippen MR) is 132 cm³/mol. The smallest absolute Gasteiger partial charge is 0.307 e. The number of hydrogen-bond donors (Lipinski definition) is 1. The summed E-state index contributed by atoms with van der Waals surface area (Å²) in [6.07, 6.45) is 2.58. The molecule has 35 heavy (non-hydrogen) atoms. The molecule has 0 fully saturated rings. The van der Waals surface area contributed by atoms with E-state index in [2.05, 4.69) is 4.72 Å².